The van der Waals surface area contributed by atoms with Crippen molar-refractivity contribution in [1.29, 1.82) is 0 Å². The van der Waals surface area contributed by atoms with Crippen LogP contribution in [0.5, 0.6) is 17.2 Å². The van der Waals surface area contributed by atoms with E-state index in [2.05, 4.69) is 43.2 Å². The van der Waals surface area contributed by atoms with Crippen LogP contribution in [0.15, 0.2) is 42.5 Å². The standard InChI is InChI=1S/C22H24N2O4/c1-22(2,3)16-6-8-17(9-7-16)24-21(25)23-12-4-5-13-26-18-10-11-19-20(14-18)28-15-27-19/h6-11,14H,12-13,15H2,1-3H3,(H2,23,24,25). The van der Waals surface area contributed by atoms with Crippen LogP contribution in [0.1, 0.15) is 26.3 Å². The minimum absolute atomic E-state index is 0.0824. The summed E-state index contributed by atoms with van der Waals surface area (Å²) in [5.74, 6) is 7.74. The summed E-state index contributed by atoms with van der Waals surface area (Å²) in [7, 11) is 0. The van der Waals surface area contributed by atoms with Gasteiger partial charge < -0.3 is 24.8 Å². The fourth-order valence-corrected chi connectivity index (χ4v) is 2.55. The molecule has 6 nitrogen and oxygen atoms in total. The lowest BCUT2D eigenvalue weighted by atomic mass is 9.87. The molecule has 0 saturated carbocycles. The quantitative estimate of drug-likeness (QED) is 0.789. The van der Waals surface area contributed by atoms with E-state index < -0.39 is 0 Å². The monoisotopic (exact) mass is 380 g/mol. The minimum atomic E-state index is -0.297. The van der Waals surface area contributed by atoms with E-state index in [4.69, 9.17) is 14.2 Å². The van der Waals surface area contributed by atoms with Gasteiger partial charge in [-0.25, -0.2) is 4.79 Å². The summed E-state index contributed by atoms with van der Waals surface area (Å²) in [6.07, 6.45) is 0. The molecule has 28 heavy (non-hydrogen) atoms. The number of rotatable bonds is 4. The van der Waals surface area contributed by atoms with Gasteiger partial charge in [0.25, 0.3) is 0 Å². The Balaban J connectivity index is 1.37. The van der Waals surface area contributed by atoms with E-state index in [9.17, 15) is 4.79 Å². The maximum absolute atomic E-state index is 11.9. The number of hydrogen-bond donors (Lipinski definition) is 2. The molecule has 0 spiro atoms. The van der Waals surface area contributed by atoms with Crippen molar-refractivity contribution < 1.29 is 19.0 Å². The number of fused-ring (bicyclic) bond motifs is 1. The van der Waals surface area contributed by atoms with Crippen LogP contribution in [-0.2, 0) is 5.41 Å². The van der Waals surface area contributed by atoms with Gasteiger partial charge in [-0.2, -0.15) is 0 Å². The number of amides is 2. The number of ether oxygens (including phenoxy) is 3. The summed E-state index contributed by atoms with van der Waals surface area (Å²) in [5.41, 5.74) is 2.04. The Bertz CT molecular complexity index is 889. The molecule has 1 heterocycles. The lowest BCUT2D eigenvalue weighted by Crippen LogP contribution is -2.29. The van der Waals surface area contributed by atoms with Gasteiger partial charge in [0.1, 0.15) is 12.4 Å². The van der Waals surface area contributed by atoms with Crippen LogP contribution in [-0.4, -0.2) is 26.0 Å². The predicted molar refractivity (Wildman–Crippen MR) is 108 cm³/mol. The van der Waals surface area contributed by atoms with Crippen LogP contribution in [0.3, 0.4) is 0 Å². The molecule has 2 amide bonds. The second-order valence-electron chi connectivity index (χ2n) is 7.29. The first-order valence-electron chi connectivity index (χ1n) is 9.05. The molecule has 0 unspecified atom stereocenters. The molecule has 6 heteroatoms. The lowest BCUT2D eigenvalue weighted by Gasteiger charge is -2.19. The van der Waals surface area contributed by atoms with Crippen molar-refractivity contribution in [3.63, 3.8) is 0 Å². The Labute approximate surface area is 165 Å². The molecular weight excluding hydrogens is 356 g/mol. The molecule has 1 aliphatic rings. The van der Waals surface area contributed by atoms with E-state index >= 15 is 0 Å². The summed E-state index contributed by atoms with van der Waals surface area (Å²) in [5, 5.41) is 5.48. The highest BCUT2D eigenvalue weighted by molar-refractivity contribution is 5.89. The van der Waals surface area contributed by atoms with E-state index in [0.29, 0.717) is 17.2 Å². The number of nitrogens with one attached hydrogen (secondary N) is 2. The van der Waals surface area contributed by atoms with E-state index in [1.54, 1.807) is 18.2 Å². The first-order chi connectivity index (χ1) is 13.4. The molecule has 0 aromatic heterocycles. The molecule has 0 saturated heterocycles. The Hall–Kier alpha value is -3.33. The zero-order valence-corrected chi connectivity index (χ0v) is 16.3. The van der Waals surface area contributed by atoms with Gasteiger partial charge in [0, 0.05) is 11.8 Å². The van der Waals surface area contributed by atoms with Crippen LogP contribution in [0.2, 0.25) is 0 Å². The molecule has 1 aliphatic heterocycles. The average Bonchev–Trinajstić information content (AvgIpc) is 3.12. The van der Waals surface area contributed by atoms with Crippen molar-refractivity contribution in [2.45, 2.75) is 26.2 Å². The molecule has 0 radical (unpaired) electrons. The normalized spacial score (nSPS) is 12.0. The van der Waals surface area contributed by atoms with Crippen LogP contribution < -0.4 is 24.8 Å². The summed E-state index contributed by atoms with van der Waals surface area (Å²) in [6.45, 7) is 7.13. The topological polar surface area (TPSA) is 68.8 Å². The average molecular weight is 380 g/mol. The third-order valence-corrected chi connectivity index (χ3v) is 4.13. The number of carbonyl (C=O) groups excluding carboxylic acids is 1. The van der Waals surface area contributed by atoms with E-state index in [1.807, 2.05) is 24.3 Å². The number of benzene rings is 2. The Morgan fingerprint density at radius 2 is 1.82 bits per heavy atom. The minimum Gasteiger partial charge on any atom is -0.481 e. The highest BCUT2D eigenvalue weighted by Gasteiger charge is 2.14. The largest absolute Gasteiger partial charge is 0.481 e. The molecule has 0 bridgehead atoms. The van der Waals surface area contributed by atoms with Gasteiger partial charge in [0.2, 0.25) is 6.79 Å². The van der Waals surface area contributed by atoms with Gasteiger partial charge in [-0.05, 0) is 35.2 Å². The van der Waals surface area contributed by atoms with E-state index in [-0.39, 0.29) is 31.4 Å². The highest BCUT2D eigenvalue weighted by atomic mass is 16.7. The zero-order chi connectivity index (χ0) is 20.0. The molecule has 0 atom stereocenters. The van der Waals surface area contributed by atoms with Crippen molar-refractivity contribution in [2.75, 3.05) is 25.3 Å². The molecule has 2 aromatic rings. The fraction of sp³-hybridized carbons (Fsp3) is 0.318. The van der Waals surface area contributed by atoms with Gasteiger partial charge in [-0.1, -0.05) is 44.7 Å². The number of carbonyl (C=O) groups is 1. The molecule has 2 aromatic carbocycles. The second kappa shape index (κ2) is 8.57. The maximum atomic E-state index is 11.9. The van der Waals surface area contributed by atoms with Gasteiger partial charge >= 0.3 is 6.03 Å². The van der Waals surface area contributed by atoms with Crippen molar-refractivity contribution in [3.8, 4) is 29.1 Å². The number of urea groups is 1. The molecule has 0 aliphatic carbocycles. The third-order valence-electron chi connectivity index (χ3n) is 4.13. The van der Waals surface area contributed by atoms with Crippen molar-refractivity contribution >= 4 is 11.7 Å². The molecule has 146 valence electrons. The molecular formula is C22H24N2O4. The maximum Gasteiger partial charge on any atom is 0.319 e. The van der Waals surface area contributed by atoms with Crippen LogP contribution in [0.25, 0.3) is 0 Å². The van der Waals surface area contributed by atoms with E-state index in [0.717, 1.165) is 5.69 Å². The van der Waals surface area contributed by atoms with Gasteiger partial charge in [0.05, 0.1) is 6.54 Å². The van der Waals surface area contributed by atoms with Crippen LogP contribution >= 0.6 is 0 Å². The lowest BCUT2D eigenvalue weighted by molar-refractivity contribution is 0.174. The summed E-state index contributed by atoms with van der Waals surface area (Å²) in [4.78, 5) is 11.9. The predicted octanol–water partition coefficient (Wildman–Crippen LogP) is 3.92. The molecule has 0 fully saturated rings. The van der Waals surface area contributed by atoms with E-state index in [1.165, 1.54) is 5.56 Å². The second-order valence-corrected chi connectivity index (χ2v) is 7.29. The number of anilines is 1. The zero-order valence-electron chi connectivity index (χ0n) is 16.3. The first kappa shape index (κ1) is 19.4. The van der Waals surface area contributed by atoms with Gasteiger partial charge in [0.15, 0.2) is 11.5 Å². The van der Waals surface area contributed by atoms with Crippen molar-refractivity contribution in [2.24, 2.45) is 0 Å². The van der Waals surface area contributed by atoms with Gasteiger partial charge in [-0.3, -0.25) is 0 Å². The SMILES string of the molecule is CC(C)(C)c1ccc(NC(=O)NCC#CCOc2ccc3c(c2)OCO3)cc1. The summed E-state index contributed by atoms with van der Waals surface area (Å²) >= 11 is 0. The van der Waals surface area contributed by atoms with Crippen molar-refractivity contribution in [3.05, 3.63) is 48.0 Å². The van der Waals surface area contributed by atoms with Crippen LogP contribution in [0, 0.1) is 11.8 Å². The summed E-state index contributed by atoms with van der Waals surface area (Å²) < 4.78 is 16.1. The molecule has 3 rings (SSSR count). The fourth-order valence-electron chi connectivity index (χ4n) is 2.55. The first-order valence-corrected chi connectivity index (χ1v) is 9.05. The Kier molecular flexibility index (Phi) is 5.95. The Morgan fingerprint density at radius 3 is 2.57 bits per heavy atom. The highest BCUT2D eigenvalue weighted by Crippen LogP contribution is 2.34. The third kappa shape index (κ3) is 5.34. The molecule has 2 N–H and O–H groups in total. The van der Waals surface area contributed by atoms with Crippen molar-refractivity contribution in [1.82, 2.24) is 5.32 Å². The van der Waals surface area contributed by atoms with Crippen LogP contribution in [0.4, 0.5) is 10.5 Å². The van der Waals surface area contributed by atoms with Gasteiger partial charge in [-0.15, -0.1) is 0 Å². The summed E-state index contributed by atoms with van der Waals surface area (Å²) in [6, 6.07) is 12.9. The smallest absolute Gasteiger partial charge is 0.319 e. The number of hydrogen-bond acceptors (Lipinski definition) is 4. The Morgan fingerprint density at radius 1 is 1.07 bits per heavy atom.